The van der Waals surface area contributed by atoms with Crippen LogP contribution in [0.4, 0.5) is 0 Å². The minimum atomic E-state index is 0.639. The Morgan fingerprint density at radius 2 is 2.10 bits per heavy atom. The molecular weight excluding hydrogens is 246 g/mol. The monoisotopic (exact) mass is 269 g/mol. The lowest BCUT2D eigenvalue weighted by Gasteiger charge is -2.24. The molecule has 0 amide bonds. The Kier molecular flexibility index (Phi) is 4.28. The van der Waals surface area contributed by atoms with Crippen molar-refractivity contribution in [1.82, 2.24) is 15.2 Å². The fourth-order valence-corrected chi connectivity index (χ4v) is 2.97. The predicted molar refractivity (Wildman–Crippen MR) is 83.7 cm³/mol. The first-order chi connectivity index (χ1) is 9.83. The van der Waals surface area contributed by atoms with Crippen LogP contribution in [0.25, 0.3) is 10.9 Å². The number of hydrogen-bond donors (Lipinski definition) is 1. The van der Waals surface area contributed by atoms with Gasteiger partial charge in [-0.05, 0) is 56.6 Å². The molecule has 2 heterocycles. The highest BCUT2D eigenvalue weighted by atomic mass is 15.2. The van der Waals surface area contributed by atoms with E-state index in [9.17, 15) is 0 Å². The van der Waals surface area contributed by atoms with E-state index < -0.39 is 0 Å². The van der Waals surface area contributed by atoms with Crippen LogP contribution in [-0.4, -0.2) is 35.6 Å². The van der Waals surface area contributed by atoms with Crippen molar-refractivity contribution in [3.8, 4) is 0 Å². The summed E-state index contributed by atoms with van der Waals surface area (Å²) in [5.41, 5.74) is 2.40. The highest BCUT2D eigenvalue weighted by Gasteiger charge is 2.17. The van der Waals surface area contributed by atoms with E-state index in [2.05, 4.69) is 46.4 Å². The zero-order valence-electron chi connectivity index (χ0n) is 12.2. The van der Waals surface area contributed by atoms with Gasteiger partial charge in [-0.15, -0.1) is 0 Å². The average Bonchev–Trinajstić information content (AvgIpc) is 3.01. The van der Waals surface area contributed by atoms with Gasteiger partial charge in [0, 0.05) is 30.7 Å². The maximum Gasteiger partial charge on any atom is 0.0702 e. The summed E-state index contributed by atoms with van der Waals surface area (Å²) in [4.78, 5) is 6.94. The summed E-state index contributed by atoms with van der Waals surface area (Å²) in [6, 6.07) is 11.3. The number of aromatic nitrogens is 1. The van der Waals surface area contributed by atoms with Crippen molar-refractivity contribution in [1.29, 1.82) is 0 Å². The molecule has 20 heavy (non-hydrogen) atoms. The van der Waals surface area contributed by atoms with Crippen LogP contribution in [-0.2, 0) is 6.54 Å². The molecule has 1 fully saturated rings. The summed E-state index contributed by atoms with van der Waals surface area (Å²) in [5, 5.41) is 4.80. The van der Waals surface area contributed by atoms with E-state index in [1.807, 2.05) is 12.3 Å². The molecule has 2 aromatic rings. The molecule has 3 heteroatoms. The predicted octanol–water partition coefficient (Wildman–Crippen LogP) is 2.81. The Hall–Kier alpha value is -1.45. The number of pyridine rings is 1. The van der Waals surface area contributed by atoms with Crippen LogP contribution in [0.1, 0.15) is 25.3 Å². The molecule has 1 saturated heterocycles. The summed E-state index contributed by atoms with van der Waals surface area (Å²) in [5.74, 6) is 0. The van der Waals surface area contributed by atoms with E-state index in [4.69, 9.17) is 0 Å². The molecule has 3 rings (SSSR count). The molecule has 0 aliphatic carbocycles. The minimum Gasteiger partial charge on any atom is -0.311 e. The number of likely N-dealkylation sites (tertiary alicyclic amines) is 1. The minimum absolute atomic E-state index is 0.639. The van der Waals surface area contributed by atoms with Crippen LogP contribution in [0.3, 0.4) is 0 Å². The molecule has 1 aliphatic heterocycles. The largest absolute Gasteiger partial charge is 0.311 e. The molecule has 1 unspecified atom stereocenters. The number of benzene rings is 1. The molecule has 1 atom stereocenters. The van der Waals surface area contributed by atoms with Gasteiger partial charge in [0.05, 0.1) is 5.52 Å². The van der Waals surface area contributed by atoms with Gasteiger partial charge in [-0.25, -0.2) is 0 Å². The van der Waals surface area contributed by atoms with Gasteiger partial charge in [-0.2, -0.15) is 0 Å². The highest BCUT2D eigenvalue weighted by molar-refractivity contribution is 5.78. The van der Waals surface area contributed by atoms with Gasteiger partial charge >= 0.3 is 0 Å². The maximum absolute atomic E-state index is 4.36. The second kappa shape index (κ2) is 6.33. The van der Waals surface area contributed by atoms with Crippen molar-refractivity contribution in [2.75, 3.05) is 19.6 Å². The summed E-state index contributed by atoms with van der Waals surface area (Å²) in [6.07, 6.45) is 4.57. The van der Waals surface area contributed by atoms with Gasteiger partial charge in [0.2, 0.25) is 0 Å². The molecule has 0 radical (unpaired) electrons. The molecule has 1 N–H and O–H groups in total. The van der Waals surface area contributed by atoms with Crippen molar-refractivity contribution in [3.63, 3.8) is 0 Å². The van der Waals surface area contributed by atoms with E-state index in [-0.39, 0.29) is 0 Å². The van der Waals surface area contributed by atoms with Gasteiger partial charge in [-0.1, -0.05) is 12.1 Å². The van der Waals surface area contributed by atoms with Crippen LogP contribution in [0.2, 0.25) is 0 Å². The average molecular weight is 269 g/mol. The summed E-state index contributed by atoms with van der Waals surface area (Å²) >= 11 is 0. The van der Waals surface area contributed by atoms with Crippen molar-refractivity contribution >= 4 is 10.9 Å². The van der Waals surface area contributed by atoms with Crippen LogP contribution in [0.5, 0.6) is 0 Å². The van der Waals surface area contributed by atoms with E-state index >= 15 is 0 Å². The molecule has 0 saturated carbocycles. The molecule has 1 aliphatic rings. The van der Waals surface area contributed by atoms with Gasteiger partial charge < -0.3 is 5.32 Å². The zero-order chi connectivity index (χ0) is 13.8. The van der Waals surface area contributed by atoms with Crippen LogP contribution >= 0.6 is 0 Å². The third kappa shape index (κ3) is 3.17. The standard InChI is InChI=1S/C17H23N3/c1-14(20-9-2-3-10-20)12-18-13-15-6-7-17-16(11-15)5-4-8-19-17/h4-8,11,14,18H,2-3,9-10,12-13H2,1H3. The van der Waals surface area contributed by atoms with E-state index in [0.29, 0.717) is 6.04 Å². The first kappa shape index (κ1) is 13.5. The fourth-order valence-electron chi connectivity index (χ4n) is 2.97. The Bertz CT molecular complexity index is 561. The third-order valence-electron chi connectivity index (χ3n) is 4.20. The second-order valence-corrected chi connectivity index (χ2v) is 5.75. The van der Waals surface area contributed by atoms with Gasteiger partial charge in [0.1, 0.15) is 0 Å². The molecular formula is C17H23N3. The van der Waals surface area contributed by atoms with Crippen molar-refractivity contribution in [2.45, 2.75) is 32.4 Å². The van der Waals surface area contributed by atoms with Crippen molar-refractivity contribution < 1.29 is 0 Å². The highest BCUT2D eigenvalue weighted by Crippen LogP contribution is 2.14. The quantitative estimate of drug-likeness (QED) is 0.904. The van der Waals surface area contributed by atoms with Crippen LogP contribution < -0.4 is 5.32 Å². The number of nitrogens with zero attached hydrogens (tertiary/aromatic N) is 2. The van der Waals surface area contributed by atoms with Crippen molar-refractivity contribution in [3.05, 3.63) is 42.1 Å². The number of hydrogen-bond acceptors (Lipinski definition) is 3. The molecule has 0 bridgehead atoms. The number of fused-ring (bicyclic) bond motifs is 1. The lowest BCUT2D eigenvalue weighted by atomic mass is 10.1. The molecule has 106 valence electrons. The maximum atomic E-state index is 4.36. The number of rotatable bonds is 5. The Balaban J connectivity index is 1.54. The fraction of sp³-hybridized carbons (Fsp3) is 0.471. The summed E-state index contributed by atoms with van der Waals surface area (Å²) < 4.78 is 0. The first-order valence-corrected chi connectivity index (χ1v) is 7.61. The molecule has 3 nitrogen and oxygen atoms in total. The second-order valence-electron chi connectivity index (χ2n) is 5.75. The van der Waals surface area contributed by atoms with E-state index in [0.717, 1.165) is 18.6 Å². The van der Waals surface area contributed by atoms with Gasteiger partial charge in [-0.3, -0.25) is 9.88 Å². The molecule has 1 aromatic carbocycles. The van der Waals surface area contributed by atoms with E-state index in [1.165, 1.54) is 36.9 Å². The van der Waals surface area contributed by atoms with Crippen LogP contribution in [0.15, 0.2) is 36.5 Å². The lowest BCUT2D eigenvalue weighted by Crippen LogP contribution is -2.38. The first-order valence-electron chi connectivity index (χ1n) is 7.61. The van der Waals surface area contributed by atoms with Gasteiger partial charge in [0.25, 0.3) is 0 Å². The molecule has 1 aromatic heterocycles. The van der Waals surface area contributed by atoms with Crippen molar-refractivity contribution in [2.24, 2.45) is 0 Å². The smallest absolute Gasteiger partial charge is 0.0702 e. The SMILES string of the molecule is CC(CNCc1ccc2ncccc2c1)N1CCCC1. The Morgan fingerprint density at radius 1 is 1.25 bits per heavy atom. The number of nitrogens with one attached hydrogen (secondary N) is 1. The van der Waals surface area contributed by atoms with Gasteiger partial charge in [0.15, 0.2) is 0 Å². The summed E-state index contributed by atoms with van der Waals surface area (Å²) in [6.45, 7) is 6.85. The van der Waals surface area contributed by atoms with Crippen LogP contribution in [0, 0.1) is 0 Å². The Morgan fingerprint density at radius 3 is 2.95 bits per heavy atom. The molecule has 0 spiro atoms. The summed E-state index contributed by atoms with van der Waals surface area (Å²) in [7, 11) is 0. The zero-order valence-corrected chi connectivity index (χ0v) is 12.2. The third-order valence-corrected chi connectivity index (χ3v) is 4.20. The lowest BCUT2D eigenvalue weighted by molar-refractivity contribution is 0.251. The van der Waals surface area contributed by atoms with E-state index in [1.54, 1.807) is 0 Å². The normalized spacial score (nSPS) is 17.6. The Labute approximate surface area is 121 Å². The topological polar surface area (TPSA) is 28.2 Å².